The number of aromatic hydroxyl groups is 1. The topological polar surface area (TPSA) is 59.7 Å². The number of phenolic OH excluding ortho intramolecular Hbond substituents is 1. The fourth-order valence-corrected chi connectivity index (χ4v) is 2.13. The molecule has 0 unspecified atom stereocenters. The monoisotopic (exact) mass is 268 g/mol. The lowest BCUT2D eigenvalue weighted by molar-refractivity contribution is 0.373. The first-order chi connectivity index (χ1) is 9.70. The SMILES string of the molecule is COc1cc2occ(-c3ccccc3)c(=O)c2cc1O. The first kappa shape index (κ1) is 12.3. The first-order valence-electron chi connectivity index (χ1n) is 6.08. The molecule has 0 aliphatic carbocycles. The summed E-state index contributed by atoms with van der Waals surface area (Å²) in [6.07, 6.45) is 1.43. The average molecular weight is 268 g/mol. The smallest absolute Gasteiger partial charge is 0.200 e. The summed E-state index contributed by atoms with van der Waals surface area (Å²) in [5.74, 6) is 0.186. The minimum absolute atomic E-state index is 0.0856. The minimum Gasteiger partial charge on any atom is -0.504 e. The van der Waals surface area contributed by atoms with Gasteiger partial charge in [0.05, 0.1) is 18.1 Å². The zero-order chi connectivity index (χ0) is 14.1. The fourth-order valence-electron chi connectivity index (χ4n) is 2.13. The molecule has 4 nitrogen and oxygen atoms in total. The molecule has 0 amide bonds. The largest absolute Gasteiger partial charge is 0.504 e. The molecule has 0 radical (unpaired) electrons. The van der Waals surface area contributed by atoms with Gasteiger partial charge < -0.3 is 14.3 Å². The summed E-state index contributed by atoms with van der Waals surface area (Å²) in [7, 11) is 1.44. The van der Waals surface area contributed by atoms with Crippen LogP contribution < -0.4 is 10.2 Å². The number of ether oxygens (including phenoxy) is 1. The maximum Gasteiger partial charge on any atom is 0.200 e. The van der Waals surface area contributed by atoms with Crippen molar-refractivity contribution in [1.82, 2.24) is 0 Å². The van der Waals surface area contributed by atoms with E-state index in [1.165, 1.54) is 25.5 Å². The van der Waals surface area contributed by atoms with Gasteiger partial charge in [0, 0.05) is 6.07 Å². The molecular weight excluding hydrogens is 256 g/mol. The molecule has 0 saturated carbocycles. The van der Waals surface area contributed by atoms with E-state index in [0.717, 1.165) is 5.56 Å². The van der Waals surface area contributed by atoms with Gasteiger partial charge in [0.15, 0.2) is 11.5 Å². The van der Waals surface area contributed by atoms with Crippen molar-refractivity contribution < 1.29 is 14.3 Å². The van der Waals surface area contributed by atoms with Crippen LogP contribution in [-0.4, -0.2) is 12.2 Å². The molecule has 4 heteroatoms. The van der Waals surface area contributed by atoms with Gasteiger partial charge in [-0.3, -0.25) is 4.79 Å². The van der Waals surface area contributed by atoms with E-state index in [9.17, 15) is 9.90 Å². The molecule has 3 rings (SSSR count). The molecule has 1 N–H and O–H groups in total. The van der Waals surface area contributed by atoms with Crippen LogP contribution in [0, 0.1) is 0 Å². The Morgan fingerprint density at radius 2 is 1.90 bits per heavy atom. The van der Waals surface area contributed by atoms with Crippen LogP contribution >= 0.6 is 0 Å². The molecule has 0 bridgehead atoms. The molecule has 0 fully saturated rings. The Bertz CT molecular complexity index is 819. The third kappa shape index (κ3) is 1.91. The van der Waals surface area contributed by atoms with E-state index in [2.05, 4.69) is 0 Å². The van der Waals surface area contributed by atoms with Crippen molar-refractivity contribution in [3.05, 3.63) is 59.0 Å². The van der Waals surface area contributed by atoms with Crippen molar-refractivity contribution in [2.45, 2.75) is 0 Å². The summed E-state index contributed by atoms with van der Waals surface area (Å²) in [6, 6.07) is 12.1. The summed E-state index contributed by atoms with van der Waals surface area (Å²) < 4.78 is 10.5. The second kappa shape index (κ2) is 4.74. The van der Waals surface area contributed by atoms with Crippen LogP contribution in [0.2, 0.25) is 0 Å². The van der Waals surface area contributed by atoms with Gasteiger partial charge in [-0.05, 0) is 11.6 Å². The zero-order valence-corrected chi connectivity index (χ0v) is 10.8. The van der Waals surface area contributed by atoms with E-state index in [1.807, 2.05) is 30.3 Å². The Morgan fingerprint density at radius 3 is 2.60 bits per heavy atom. The van der Waals surface area contributed by atoms with Crippen molar-refractivity contribution in [2.24, 2.45) is 0 Å². The van der Waals surface area contributed by atoms with Crippen LogP contribution in [0.4, 0.5) is 0 Å². The molecule has 2 aromatic carbocycles. The number of hydrogen-bond acceptors (Lipinski definition) is 4. The van der Waals surface area contributed by atoms with Crippen molar-refractivity contribution >= 4 is 11.0 Å². The Hall–Kier alpha value is -2.75. The normalized spacial score (nSPS) is 10.7. The number of fused-ring (bicyclic) bond motifs is 1. The van der Waals surface area contributed by atoms with E-state index < -0.39 is 0 Å². The van der Waals surface area contributed by atoms with Gasteiger partial charge in [0.2, 0.25) is 5.43 Å². The lowest BCUT2D eigenvalue weighted by Gasteiger charge is -2.06. The number of methoxy groups -OCH3 is 1. The number of hydrogen-bond donors (Lipinski definition) is 1. The highest BCUT2D eigenvalue weighted by atomic mass is 16.5. The maximum atomic E-state index is 12.5. The van der Waals surface area contributed by atoms with E-state index >= 15 is 0 Å². The highest BCUT2D eigenvalue weighted by Gasteiger charge is 2.12. The van der Waals surface area contributed by atoms with Crippen molar-refractivity contribution in [2.75, 3.05) is 7.11 Å². The van der Waals surface area contributed by atoms with Crippen molar-refractivity contribution in [3.8, 4) is 22.6 Å². The lowest BCUT2D eigenvalue weighted by Crippen LogP contribution is -2.04. The Labute approximate surface area is 114 Å². The predicted octanol–water partition coefficient (Wildman–Crippen LogP) is 3.17. The van der Waals surface area contributed by atoms with Gasteiger partial charge in [-0.1, -0.05) is 30.3 Å². The zero-order valence-electron chi connectivity index (χ0n) is 10.8. The molecular formula is C16H12O4. The van der Waals surface area contributed by atoms with Gasteiger partial charge in [0.25, 0.3) is 0 Å². The van der Waals surface area contributed by atoms with Crippen LogP contribution in [-0.2, 0) is 0 Å². The standard InChI is InChI=1S/C16H12O4/c1-19-15-8-14-11(7-13(15)17)16(18)12(9-20-14)10-5-3-2-4-6-10/h2-9,17H,1H3. The van der Waals surface area contributed by atoms with E-state index in [1.54, 1.807) is 0 Å². The van der Waals surface area contributed by atoms with Crippen LogP contribution in [0.25, 0.3) is 22.1 Å². The molecule has 1 heterocycles. The lowest BCUT2D eigenvalue weighted by atomic mass is 10.1. The molecule has 0 spiro atoms. The fraction of sp³-hybridized carbons (Fsp3) is 0.0625. The highest BCUT2D eigenvalue weighted by molar-refractivity contribution is 5.84. The first-order valence-corrected chi connectivity index (χ1v) is 6.08. The molecule has 0 aliphatic rings. The summed E-state index contributed by atoms with van der Waals surface area (Å²) in [5.41, 5.74) is 1.43. The third-order valence-electron chi connectivity index (χ3n) is 3.16. The summed E-state index contributed by atoms with van der Waals surface area (Å²) >= 11 is 0. The molecule has 0 atom stereocenters. The number of phenols is 1. The maximum absolute atomic E-state index is 12.5. The van der Waals surface area contributed by atoms with Crippen molar-refractivity contribution in [3.63, 3.8) is 0 Å². The van der Waals surface area contributed by atoms with E-state index in [0.29, 0.717) is 16.5 Å². The summed E-state index contributed by atoms with van der Waals surface area (Å²) in [6.45, 7) is 0. The minimum atomic E-state index is -0.185. The Kier molecular flexibility index (Phi) is 2.91. The number of rotatable bonds is 2. The molecule has 20 heavy (non-hydrogen) atoms. The quantitative estimate of drug-likeness (QED) is 0.775. The second-order valence-electron chi connectivity index (χ2n) is 4.36. The van der Waals surface area contributed by atoms with E-state index in [4.69, 9.17) is 9.15 Å². The van der Waals surface area contributed by atoms with Crippen molar-refractivity contribution in [1.29, 1.82) is 0 Å². The van der Waals surface area contributed by atoms with Gasteiger partial charge >= 0.3 is 0 Å². The predicted molar refractivity (Wildman–Crippen MR) is 76.1 cm³/mol. The summed E-state index contributed by atoms with van der Waals surface area (Å²) in [5, 5.41) is 10.1. The molecule has 0 aliphatic heterocycles. The molecule has 100 valence electrons. The van der Waals surface area contributed by atoms with Crippen LogP contribution in [0.3, 0.4) is 0 Å². The number of benzene rings is 2. The van der Waals surface area contributed by atoms with Gasteiger partial charge in [-0.15, -0.1) is 0 Å². The molecule has 1 aromatic heterocycles. The van der Waals surface area contributed by atoms with Gasteiger partial charge in [0.1, 0.15) is 11.8 Å². The van der Waals surface area contributed by atoms with Gasteiger partial charge in [-0.2, -0.15) is 0 Å². The Balaban J connectivity index is 2.29. The van der Waals surface area contributed by atoms with Crippen LogP contribution in [0.15, 0.2) is 57.9 Å². The molecule has 0 saturated heterocycles. The summed E-state index contributed by atoms with van der Waals surface area (Å²) in [4.78, 5) is 12.5. The van der Waals surface area contributed by atoms with E-state index in [-0.39, 0.29) is 16.9 Å². The molecule has 3 aromatic rings. The average Bonchev–Trinajstić information content (AvgIpc) is 2.48. The van der Waals surface area contributed by atoms with Crippen LogP contribution in [0.5, 0.6) is 11.5 Å². The second-order valence-corrected chi connectivity index (χ2v) is 4.36. The third-order valence-corrected chi connectivity index (χ3v) is 3.16. The van der Waals surface area contributed by atoms with Gasteiger partial charge in [-0.25, -0.2) is 0 Å². The van der Waals surface area contributed by atoms with Crippen LogP contribution in [0.1, 0.15) is 0 Å². The highest BCUT2D eigenvalue weighted by Crippen LogP contribution is 2.30. The Morgan fingerprint density at radius 1 is 1.15 bits per heavy atom.